The van der Waals surface area contributed by atoms with Crippen LogP contribution < -0.4 is 11.1 Å². The highest BCUT2D eigenvalue weighted by molar-refractivity contribution is 8.00. The zero-order chi connectivity index (χ0) is 17.2. The summed E-state index contributed by atoms with van der Waals surface area (Å²) in [6.07, 6.45) is 2.26. The second-order valence-corrected chi connectivity index (χ2v) is 7.79. The van der Waals surface area contributed by atoms with Gasteiger partial charge in [-0.05, 0) is 37.7 Å². The van der Waals surface area contributed by atoms with Gasteiger partial charge in [0.2, 0.25) is 0 Å². The Hall–Kier alpha value is -2.28. The number of carbonyl (C=O) groups is 2. The molecule has 0 aliphatic carbocycles. The van der Waals surface area contributed by atoms with E-state index in [1.807, 2.05) is 30.0 Å². The fraction of sp³-hybridized carbons (Fsp3) is 0.353. The summed E-state index contributed by atoms with van der Waals surface area (Å²) in [6.45, 7) is 2.74. The number of benzene rings is 1. The highest BCUT2D eigenvalue weighted by Gasteiger charge is 2.30. The van der Waals surface area contributed by atoms with Crippen LogP contribution in [0.3, 0.4) is 0 Å². The average molecular weight is 344 g/mol. The van der Waals surface area contributed by atoms with E-state index in [-0.39, 0.29) is 22.0 Å². The van der Waals surface area contributed by atoms with E-state index in [4.69, 9.17) is 5.73 Å². The minimum absolute atomic E-state index is 0.0736. The number of nitrogens with two attached hydrogens (primary N) is 1. The van der Waals surface area contributed by atoms with Gasteiger partial charge in [0.05, 0.1) is 5.69 Å². The number of para-hydroxylation sites is 1. The number of hydrogen-bond acceptors (Lipinski definition) is 4. The summed E-state index contributed by atoms with van der Waals surface area (Å²) in [7, 11) is 0. The molecule has 3 N–H and O–H groups in total. The molecule has 1 aromatic heterocycles. The van der Waals surface area contributed by atoms with Crippen molar-refractivity contribution in [2.24, 2.45) is 5.73 Å². The zero-order valence-electron chi connectivity index (χ0n) is 13.5. The zero-order valence-corrected chi connectivity index (χ0v) is 14.3. The van der Waals surface area contributed by atoms with Crippen molar-refractivity contribution in [3.63, 3.8) is 0 Å². The third-order valence-electron chi connectivity index (χ3n) is 4.12. The van der Waals surface area contributed by atoms with Crippen molar-refractivity contribution in [1.29, 1.82) is 0 Å². The maximum atomic E-state index is 12.4. The maximum absolute atomic E-state index is 12.4. The molecular formula is C17H20N4O2S. The first-order valence-corrected chi connectivity index (χ1v) is 8.84. The minimum atomic E-state index is -0.622. The number of nitrogens with one attached hydrogen (secondary N) is 1. The van der Waals surface area contributed by atoms with Crippen molar-refractivity contribution in [2.75, 3.05) is 12.3 Å². The molecule has 1 aliphatic heterocycles. The predicted octanol–water partition coefficient (Wildman–Crippen LogP) is 1.99. The molecule has 1 unspecified atom stereocenters. The normalized spacial score (nSPS) is 20.0. The second-order valence-electron chi connectivity index (χ2n) is 6.11. The fourth-order valence-corrected chi connectivity index (χ4v) is 4.01. The summed E-state index contributed by atoms with van der Waals surface area (Å²) in [4.78, 5) is 24.1. The van der Waals surface area contributed by atoms with Gasteiger partial charge in [0.15, 0.2) is 5.69 Å². The van der Waals surface area contributed by atoms with Gasteiger partial charge in [-0.2, -0.15) is 16.9 Å². The van der Waals surface area contributed by atoms with E-state index in [1.165, 1.54) is 17.2 Å². The molecule has 0 saturated carbocycles. The highest BCUT2D eigenvalue weighted by atomic mass is 32.2. The van der Waals surface area contributed by atoms with Crippen LogP contribution in [0.5, 0.6) is 0 Å². The van der Waals surface area contributed by atoms with Gasteiger partial charge in [0.1, 0.15) is 5.69 Å². The number of carbonyl (C=O) groups excluding carboxylic acids is 2. The van der Waals surface area contributed by atoms with Gasteiger partial charge in [-0.1, -0.05) is 18.2 Å². The van der Waals surface area contributed by atoms with Gasteiger partial charge in [0.25, 0.3) is 11.8 Å². The van der Waals surface area contributed by atoms with Crippen LogP contribution in [0.25, 0.3) is 5.69 Å². The molecule has 1 atom stereocenters. The first-order chi connectivity index (χ1) is 11.5. The highest BCUT2D eigenvalue weighted by Crippen LogP contribution is 2.36. The second kappa shape index (κ2) is 6.68. The molecule has 2 amide bonds. The number of thioether (sulfide) groups is 1. The van der Waals surface area contributed by atoms with Gasteiger partial charge in [0, 0.05) is 17.4 Å². The topological polar surface area (TPSA) is 90.0 Å². The van der Waals surface area contributed by atoms with Crippen LogP contribution >= 0.6 is 11.8 Å². The third-order valence-corrected chi connectivity index (χ3v) is 5.66. The third kappa shape index (κ3) is 3.46. The van der Waals surface area contributed by atoms with E-state index in [2.05, 4.69) is 17.3 Å². The molecule has 1 aromatic carbocycles. The smallest absolute Gasteiger partial charge is 0.271 e. The van der Waals surface area contributed by atoms with E-state index in [0.29, 0.717) is 12.2 Å². The minimum Gasteiger partial charge on any atom is -0.364 e. The molecule has 1 aliphatic rings. The van der Waals surface area contributed by atoms with Crippen LogP contribution in [0.4, 0.5) is 0 Å². The lowest BCUT2D eigenvalue weighted by Crippen LogP contribution is -2.36. The molecule has 2 aromatic rings. The van der Waals surface area contributed by atoms with Gasteiger partial charge in [-0.3, -0.25) is 9.59 Å². The van der Waals surface area contributed by atoms with E-state index >= 15 is 0 Å². The Balaban J connectivity index is 1.81. The van der Waals surface area contributed by atoms with E-state index in [9.17, 15) is 9.59 Å². The lowest BCUT2D eigenvalue weighted by atomic mass is 10.1. The van der Waals surface area contributed by atoms with Crippen molar-refractivity contribution in [3.05, 3.63) is 47.8 Å². The molecule has 0 radical (unpaired) electrons. The predicted molar refractivity (Wildman–Crippen MR) is 94.5 cm³/mol. The number of nitrogens with zero attached hydrogens (tertiary/aromatic N) is 2. The summed E-state index contributed by atoms with van der Waals surface area (Å²) in [5.74, 6) is 0.213. The summed E-state index contributed by atoms with van der Waals surface area (Å²) in [5.41, 5.74) is 6.49. The maximum Gasteiger partial charge on any atom is 0.271 e. The first-order valence-electron chi connectivity index (χ1n) is 7.86. The fourth-order valence-electron chi connectivity index (χ4n) is 2.77. The molecule has 7 heteroatoms. The SMILES string of the molecule is CC1(CNC(=O)c2cc(C(N)=O)n(-c3ccccc3)n2)CCCS1. The monoisotopic (exact) mass is 344 g/mol. The molecule has 0 bridgehead atoms. The van der Waals surface area contributed by atoms with Gasteiger partial charge in [-0.15, -0.1) is 0 Å². The van der Waals surface area contributed by atoms with Crippen LogP contribution in [0, 0.1) is 0 Å². The van der Waals surface area contributed by atoms with Crippen LogP contribution in [-0.2, 0) is 0 Å². The van der Waals surface area contributed by atoms with E-state index in [1.54, 1.807) is 12.1 Å². The van der Waals surface area contributed by atoms with Crippen molar-refractivity contribution < 1.29 is 9.59 Å². The van der Waals surface area contributed by atoms with Crippen molar-refractivity contribution in [3.8, 4) is 5.69 Å². The largest absolute Gasteiger partial charge is 0.364 e. The summed E-state index contributed by atoms with van der Waals surface area (Å²) in [6, 6.07) is 10.6. The van der Waals surface area contributed by atoms with Crippen LogP contribution in [-0.4, -0.2) is 38.6 Å². The van der Waals surface area contributed by atoms with E-state index in [0.717, 1.165) is 12.2 Å². The van der Waals surface area contributed by atoms with Crippen molar-refractivity contribution >= 4 is 23.6 Å². The van der Waals surface area contributed by atoms with Gasteiger partial charge in [-0.25, -0.2) is 4.68 Å². The van der Waals surface area contributed by atoms with Crippen LogP contribution in [0.2, 0.25) is 0 Å². The number of primary amides is 1. The lowest BCUT2D eigenvalue weighted by molar-refractivity contribution is 0.0943. The Morgan fingerprint density at radius 1 is 1.38 bits per heavy atom. The average Bonchev–Trinajstić information content (AvgIpc) is 3.21. The Labute approximate surface area is 144 Å². The number of aromatic nitrogens is 2. The Bertz CT molecular complexity index is 751. The molecule has 24 heavy (non-hydrogen) atoms. The van der Waals surface area contributed by atoms with Gasteiger partial charge >= 0.3 is 0 Å². The standard InChI is InChI=1S/C17H20N4O2S/c1-17(8-5-9-24-17)11-19-16(23)13-10-14(15(18)22)21(20-13)12-6-3-2-4-7-12/h2-4,6-7,10H,5,8-9,11H2,1H3,(H2,18,22)(H,19,23). The van der Waals surface area contributed by atoms with Crippen LogP contribution in [0.15, 0.2) is 36.4 Å². The van der Waals surface area contributed by atoms with Crippen molar-refractivity contribution in [2.45, 2.75) is 24.5 Å². The molecular weight excluding hydrogens is 324 g/mol. The van der Waals surface area contributed by atoms with Gasteiger partial charge < -0.3 is 11.1 Å². The molecule has 3 rings (SSSR count). The molecule has 2 heterocycles. The van der Waals surface area contributed by atoms with E-state index < -0.39 is 5.91 Å². The molecule has 1 saturated heterocycles. The number of hydrogen-bond donors (Lipinski definition) is 2. The lowest BCUT2D eigenvalue weighted by Gasteiger charge is -2.22. The molecule has 126 valence electrons. The quantitative estimate of drug-likeness (QED) is 0.868. The Kier molecular flexibility index (Phi) is 4.62. The Morgan fingerprint density at radius 2 is 2.12 bits per heavy atom. The molecule has 0 spiro atoms. The summed E-state index contributed by atoms with van der Waals surface area (Å²) >= 11 is 1.88. The molecule has 6 nitrogen and oxygen atoms in total. The summed E-state index contributed by atoms with van der Waals surface area (Å²) < 4.78 is 1.48. The number of rotatable bonds is 5. The molecule has 1 fully saturated rings. The first kappa shape index (κ1) is 16.6. The Morgan fingerprint density at radius 3 is 2.75 bits per heavy atom. The van der Waals surface area contributed by atoms with Crippen molar-refractivity contribution in [1.82, 2.24) is 15.1 Å². The number of amides is 2. The summed E-state index contributed by atoms with van der Waals surface area (Å²) in [5, 5.41) is 7.19. The van der Waals surface area contributed by atoms with Crippen LogP contribution in [0.1, 0.15) is 40.7 Å².